The number of rotatable bonds is 6. The van der Waals surface area contributed by atoms with E-state index in [-0.39, 0.29) is 34.6 Å². The van der Waals surface area contributed by atoms with E-state index in [1.165, 1.54) is 19.1 Å². The minimum atomic E-state index is -3.56. The molecule has 0 aliphatic carbocycles. The minimum absolute atomic E-state index is 0.0307. The van der Waals surface area contributed by atoms with E-state index >= 15 is 0 Å². The Labute approximate surface area is 160 Å². The van der Waals surface area contributed by atoms with Crippen LogP contribution in [-0.2, 0) is 21.2 Å². The maximum atomic E-state index is 12.3. The van der Waals surface area contributed by atoms with E-state index < -0.39 is 15.8 Å². The van der Waals surface area contributed by atoms with Crippen molar-refractivity contribution in [2.24, 2.45) is 0 Å². The molecule has 27 heavy (non-hydrogen) atoms. The van der Waals surface area contributed by atoms with Crippen LogP contribution in [0.25, 0.3) is 11.5 Å². The highest BCUT2D eigenvalue weighted by Crippen LogP contribution is 2.21. The molecule has 0 bridgehead atoms. The average Bonchev–Trinajstić information content (AvgIpc) is 3.15. The van der Waals surface area contributed by atoms with E-state index in [9.17, 15) is 13.2 Å². The third-order valence-electron chi connectivity index (χ3n) is 3.71. The van der Waals surface area contributed by atoms with Crippen molar-refractivity contribution in [3.05, 3.63) is 65.0 Å². The summed E-state index contributed by atoms with van der Waals surface area (Å²) >= 11 is 5.84. The summed E-state index contributed by atoms with van der Waals surface area (Å²) in [5.74, 6) is -0.560. The van der Waals surface area contributed by atoms with E-state index in [1.807, 2.05) is 0 Å². The van der Waals surface area contributed by atoms with Gasteiger partial charge in [0.15, 0.2) is 16.4 Å². The van der Waals surface area contributed by atoms with Crippen molar-refractivity contribution >= 4 is 27.4 Å². The van der Waals surface area contributed by atoms with Gasteiger partial charge in [0, 0.05) is 10.6 Å². The summed E-state index contributed by atoms with van der Waals surface area (Å²) < 4.78 is 34.8. The van der Waals surface area contributed by atoms with E-state index in [4.69, 9.17) is 20.8 Å². The Hall–Kier alpha value is -2.71. The summed E-state index contributed by atoms with van der Waals surface area (Å²) in [6, 6.07) is 12.7. The molecule has 0 amide bonds. The summed E-state index contributed by atoms with van der Waals surface area (Å²) in [6.07, 6.45) is 0. The number of nitrogens with zero attached hydrogens (tertiary/aromatic N) is 2. The van der Waals surface area contributed by atoms with Gasteiger partial charge in [0.05, 0.1) is 16.2 Å². The predicted molar refractivity (Wildman–Crippen MR) is 98.0 cm³/mol. The molecule has 0 radical (unpaired) electrons. The smallest absolute Gasteiger partial charge is 0.339 e. The van der Waals surface area contributed by atoms with Gasteiger partial charge in [-0.05, 0) is 36.4 Å². The van der Waals surface area contributed by atoms with Gasteiger partial charge in [-0.2, -0.15) is 0 Å². The molecule has 0 unspecified atom stereocenters. The lowest BCUT2D eigenvalue weighted by atomic mass is 10.2. The number of carbonyl (C=O) groups excluding carboxylic acids is 1. The zero-order chi connectivity index (χ0) is 19.4. The Bertz CT molecular complexity index is 1060. The van der Waals surface area contributed by atoms with E-state index in [0.29, 0.717) is 10.6 Å². The number of sulfone groups is 1. The number of esters is 1. The number of aromatic nitrogens is 2. The van der Waals surface area contributed by atoms with Crippen LogP contribution in [0.2, 0.25) is 5.02 Å². The van der Waals surface area contributed by atoms with Crippen molar-refractivity contribution in [3.63, 3.8) is 0 Å². The summed E-state index contributed by atoms with van der Waals surface area (Å²) in [5, 5.41) is 8.29. The molecule has 1 aromatic heterocycles. The molecular formula is C18H15ClN2O5S. The van der Waals surface area contributed by atoms with Crippen molar-refractivity contribution in [1.29, 1.82) is 0 Å². The van der Waals surface area contributed by atoms with Crippen LogP contribution in [0.4, 0.5) is 0 Å². The molecule has 0 aliphatic heterocycles. The van der Waals surface area contributed by atoms with Crippen LogP contribution < -0.4 is 0 Å². The molecule has 9 heteroatoms. The Balaban J connectivity index is 1.73. The van der Waals surface area contributed by atoms with Gasteiger partial charge in [-0.15, -0.1) is 10.2 Å². The van der Waals surface area contributed by atoms with Crippen LogP contribution in [0.5, 0.6) is 0 Å². The molecule has 3 aromatic rings. The van der Waals surface area contributed by atoms with Crippen molar-refractivity contribution in [2.75, 3.05) is 5.75 Å². The van der Waals surface area contributed by atoms with Gasteiger partial charge in [-0.1, -0.05) is 30.7 Å². The number of ether oxygens (including phenoxy) is 1. The van der Waals surface area contributed by atoms with Crippen molar-refractivity contribution in [1.82, 2.24) is 10.2 Å². The molecule has 0 atom stereocenters. The largest absolute Gasteiger partial charge is 0.452 e. The zero-order valence-electron chi connectivity index (χ0n) is 14.3. The Morgan fingerprint density at radius 1 is 1.11 bits per heavy atom. The second-order valence-electron chi connectivity index (χ2n) is 5.48. The van der Waals surface area contributed by atoms with E-state index in [0.717, 1.165) is 0 Å². The van der Waals surface area contributed by atoms with E-state index in [2.05, 4.69) is 10.2 Å². The first kappa shape index (κ1) is 19.1. The molecule has 7 nitrogen and oxygen atoms in total. The lowest BCUT2D eigenvalue weighted by molar-refractivity contribution is 0.0434. The van der Waals surface area contributed by atoms with Crippen molar-refractivity contribution < 1.29 is 22.4 Å². The van der Waals surface area contributed by atoms with Crippen LogP contribution in [0, 0.1) is 0 Å². The predicted octanol–water partition coefficient (Wildman–Crippen LogP) is 3.54. The molecule has 0 spiro atoms. The zero-order valence-corrected chi connectivity index (χ0v) is 15.8. The quantitative estimate of drug-likeness (QED) is 0.577. The van der Waals surface area contributed by atoms with Crippen LogP contribution in [0.1, 0.15) is 23.2 Å². The van der Waals surface area contributed by atoms with Gasteiger partial charge >= 0.3 is 5.97 Å². The summed E-state index contributed by atoms with van der Waals surface area (Å²) in [4.78, 5) is 12.3. The Morgan fingerprint density at radius 3 is 2.52 bits per heavy atom. The molecule has 140 valence electrons. The van der Waals surface area contributed by atoms with Gasteiger partial charge in [0.25, 0.3) is 5.89 Å². The molecule has 1 heterocycles. The fourth-order valence-electron chi connectivity index (χ4n) is 2.29. The molecule has 0 aliphatic rings. The molecule has 3 rings (SSSR count). The van der Waals surface area contributed by atoms with Crippen LogP contribution in [0.15, 0.2) is 57.8 Å². The van der Waals surface area contributed by atoms with E-state index in [1.54, 1.807) is 36.4 Å². The maximum Gasteiger partial charge on any atom is 0.339 e. The van der Waals surface area contributed by atoms with Gasteiger partial charge in [0.2, 0.25) is 5.89 Å². The van der Waals surface area contributed by atoms with Crippen LogP contribution in [-0.4, -0.2) is 30.3 Å². The highest BCUT2D eigenvalue weighted by Gasteiger charge is 2.22. The summed E-state index contributed by atoms with van der Waals surface area (Å²) in [5.41, 5.74) is 0.639. The molecular weight excluding hydrogens is 392 g/mol. The number of hydrogen-bond donors (Lipinski definition) is 0. The first-order chi connectivity index (χ1) is 12.9. The number of benzene rings is 2. The first-order valence-corrected chi connectivity index (χ1v) is 10.0. The second-order valence-corrected chi connectivity index (χ2v) is 8.17. The first-order valence-electron chi connectivity index (χ1n) is 7.98. The SMILES string of the molecule is CCS(=O)(=O)c1ccccc1C(=O)OCc1nnc(-c2ccc(Cl)cc2)o1. The molecule has 0 saturated heterocycles. The number of hydrogen-bond acceptors (Lipinski definition) is 7. The third kappa shape index (κ3) is 4.35. The van der Waals surface area contributed by atoms with Crippen LogP contribution in [0.3, 0.4) is 0 Å². The Morgan fingerprint density at radius 2 is 1.81 bits per heavy atom. The van der Waals surface area contributed by atoms with Gasteiger partial charge in [0.1, 0.15) is 0 Å². The highest BCUT2D eigenvalue weighted by molar-refractivity contribution is 7.91. The maximum absolute atomic E-state index is 12.3. The highest BCUT2D eigenvalue weighted by atomic mass is 35.5. The fraction of sp³-hybridized carbons (Fsp3) is 0.167. The van der Waals surface area contributed by atoms with Crippen molar-refractivity contribution in [3.8, 4) is 11.5 Å². The lowest BCUT2D eigenvalue weighted by Crippen LogP contribution is -2.13. The average molecular weight is 407 g/mol. The standard InChI is InChI=1S/C18H15ClN2O5S/c1-2-27(23,24)15-6-4-3-5-14(15)18(22)25-11-16-20-21-17(26-16)12-7-9-13(19)10-8-12/h3-10H,2,11H2,1H3. The van der Waals surface area contributed by atoms with Gasteiger partial charge < -0.3 is 9.15 Å². The number of carbonyl (C=O) groups is 1. The normalized spacial score (nSPS) is 11.3. The number of halogens is 1. The minimum Gasteiger partial charge on any atom is -0.452 e. The van der Waals surface area contributed by atoms with Crippen LogP contribution >= 0.6 is 11.6 Å². The molecule has 0 saturated carbocycles. The van der Waals surface area contributed by atoms with Gasteiger partial charge in [-0.25, -0.2) is 13.2 Å². The fourth-order valence-corrected chi connectivity index (χ4v) is 3.50. The second kappa shape index (κ2) is 7.89. The van der Waals surface area contributed by atoms with Crippen molar-refractivity contribution in [2.45, 2.75) is 18.4 Å². The van der Waals surface area contributed by atoms with Gasteiger partial charge in [-0.3, -0.25) is 0 Å². The lowest BCUT2D eigenvalue weighted by Gasteiger charge is -2.08. The third-order valence-corrected chi connectivity index (χ3v) is 5.75. The Kier molecular flexibility index (Phi) is 5.57. The summed E-state index contributed by atoms with van der Waals surface area (Å²) in [6.45, 7) is 1.23. The molecule has 0 fully saturated rings. The molecule has 2 aromatic carbocycles. The summed E-state index contributed by atoms with van der Waals surface area (Å²) in [7, 11) is -3.56. The molecule has 0 N–H and O–H groups in total. The topological polar surface area (TPSA) is 99.4 Å². The monoisotopic (exact) mass is 406 g/mol.